The second-order valence-corrected chi connectivity index (χ2v) is 10.9. The smallest absolute Gasteiger partial charge is 0.0554 e. The summed E-state index contributed by atoms with van der Waals surface area (Å²) in [6, 6.07) is 50.7. The van der Waals surface area contributed by atoms with Gasteiger partial charge in [-0.1, -0.05) is 103 Å². The molecule has 0 aliphatic rings. The summed E-state index contributed by atoms with van der Waals surface area (Å²) in [4.78, 5) is 2.44. The summed E-state index contributed by atoms with van der Waals surface area (Å²) < 4.78 is 2.64. The Labute approximate surface area is 224 Å². The molecule has 0 bridgehead atoms. The fourth-order valence-corrected chi connectivity index (χ4v) is 7.07. The van der Waals surface area contributed by atoms with Crippen LogP contribution >= 0.6 is 11.3 Å². The van der Waals surface area contributed by atoms with E-state index in [1.807, 2.05) is 11.3 Å². The summed E-state index contributed by atoms with van der Waals surface area (Å²) in [5.74, 6) is 0. The van der Waals surface area contributed by atoms with E-state index in [0.29, 0.717) is 0 Å². The molecule has 8 aromatic rings. The number of anilines is 3. The minimum Gasteiger partial charge on any atom is -0.309 e. The van der Waals surface area contributed by atoms with Gasteiger partial charge in [0.25, 0.3) is 0 Å². The van der Waals surface area contributed by atoms with Crippen LogP contribution in [0.3, 0.4) is 0 Å². The molecule has 8 rings (SSSR count). The Hall–Kier alpha value is -4.66. The van der Waals surface area contributed by atoms with Gasteiger partial charge in [-0.3, -0.25) is 0 Å². The van der Waals surface area contributed by atoms with Gasteiger partial charge in [0.05, 0.1) is 11.4 Å². The molecule has 7 aromatic carbocycles. The van der Waals surface area contributed by atoms with Crippen LogP contribution in [0.15, 0.2) is 140 Å². The Morgan fingerprint density at radius 2 is 1.03 bits per heavy atom. The highest BCUT2D eigenvalue weighted by Crippen LogP contribution is 2.47. The second-order valence-electron chi connectivity index (χ2n) is 9.78. The van der Waals surface area contributed by atoms with Gasteiger partial charge in [0.1, 0.15) is 0 Å². The highest BCUT2D eigenvalue weighted by atomic mass is 32.1. The average Bonchev–Trinajstić information content (AvgIpc) is 3.34. The Bertz CT molecular complexity index is 2130. The molecule has 38 heavy (non-hydrogen) atoms. The predicted octanol–water partition coefficient (Wildman–Crippen LogP) is 11.0. The first-order valence-corrected chi connectivity index (χ1v) is 13.8. The largest absolute Gasteiger partial charge is 0.309 e. The van der Waals surface area contributed by atoms with Crippen molar-refractivity contribution in [3.05, 3.63) is 140 Å². The van der Waals surface area contributed by atoms with Crippen LogP contribution in [0.25, 0.3) is 52.5 Å². The number of rotatable bonds is 3. The Morgan fingerprint density at radius 1 is 0.395 bits per heavy atom. The van der Waals surface area contributed by atoms with Crippen LogP contribution in [-0.2, 0) is 0 Å². The lowest BCUT2D eigenvalue weighted by Gasteiger charge is -2.28. The number of thiophene rings is 1. The third kappa shape index (κ3) is 3.24. The molecule has 0 unspecified atom stereocenters. The molecule has 0 atom stereocenters. The minimum atomic E-state index is 1.15. The Kier molecular flexibility index (Phi) is 4.76. The Balaban J connectivity index is 1.50. The molecule has 178 valence electrons. The van der Waals surface area contributed by atoms with E-state index in [1.165, 1.54) is 63.9 Å². The van der Waals surface area contributed by atoms with Crippen molar-refractivity contribution < 1.29 is 0 Å². The molecule has 0 saturated carbocycles. The van der Waals surface area contributed by atoms with Gasteiger partial charge in [-0.25, -0.2) is 0 Å². The van der Waals surface area contributed by atoms with Crippen LogP contribution in [0.2, 0.25) is 0 Å². The predicted molar refractivity (Wildman–Crippen MR) is 167 cm³/mol. The third-order valence-corrected chi connectivity index (χ3v) is 8.69. The van der Waals surface area contributed by atoms with E-state index >= 15 is 0 Å². The highest BCUT2D eigenvalue weighted by molar-refractivity contribution is 7.26. The van der Waals surface area contributed by atoms with Crippen molar-refractivity contribution in [2.24, 2.45) is 0 Å². The number of nitrogens with zero attached hydrogens (tertiary/aromatic N) is 1. The van der Waals surface area contributed by atoms with Gasteiger partial charge in [0.15, 0.2) is 0 Å². The first kappa shape index (κ1) is 21.4. The first-order chi connectivity index (χ1) is 18.8. The maximum absolute atomic E-state index is 2.44. The van der Waals surface area contributed by atoms with Gasteiger partial charge in [-0.2, -0.15) is 0 Å². The fraction of sp³-hybridized carbons (Fsp3) is 0. The monoisotopic (exact) mass is 501 g/mol. The van der Waals surface area contributed by atoms with Crippen LogP contribution in [-0.4, -0.2) is 0 Å². The number of para-hydroxylation sites is 1. The quantitative estimate of drug-likeness (QED) is 0.233. The van der Waals surface area contributed by atoms with Gasteiger partial charge < -0.3 is 4.90 Å². The highest BCUT2D eigenvalue weighted by Gasteiger charge is 2.20. The average molecular weight is 502 g/mol. The number of fused-ring (bicyclic) bond motifs is 7. The summed E-state index contributed by atoms with van der Waals surface area (Å²) in [6.07, 6.45) is 0. The first-order valence-electron chi connectivity index (χ1n) is 12.9. The summed E-state index contributed by atoms with van der Waals surface area (Å²) in [5.41, 5.74) is 3.54. The van der Waals surface area contributed by atoms with Crippen molar-refractivity contribution in [3.63, 3.8) is 0 Å². The van der Waals surface area contributed by atoms with E-state index in [0.717, 1.165) is 5.69 Å². The van der Waals surface area contributed by atoms with Crippen molar-refractivity contribution in [2.75, 3.05) is 4.90 Å². The summed E-state index contributed by atoms with van der Waals surface area (Å²) in [6.45, 7) is 0. The molecule has 0 radical (unpaired) electrons. The molecule has 0 amide bonds. The third-order valence-electron chi connectivity index (χ3n) is 7.59. The maximum Gasteiger partial charge on any atom is 0.0554 e. The summed E-state index contributed by atoms with van der Waals surface area (Å²) in [7, 11) is 0. The molecule has 2 heteroatoms. The molecule has 0 aliphatic carbocycles. The van der Waals surface area contributed by atoms with Gasteiger partial charge in [0, 0.05) is 36.6 Å². The molecular formula is C36H23NS. The van der Waals surface area contributed by atoms with Crippen molar-refractivity contribution in [3.8, 4) is 0 Å². The standard InChI is InChI=1S/C36H23NS/c1-2-15-27(16-3-1)37(32-20-10-14-24-11-6-7-17-28(24)32)33-23-35-36(30-19-9-8-18-29(30)33)31-21-25-12-4-5-13-26(25)22-34(31)38-35/h1-23H. The van der Waals surface area contributed by atoms with E-state index in [9.17, 15) is 0 Å². The topological polar surface area (TPSA) is 3.24 Å². The van der Waals surface area contributed by atoms with E-state index in [2.05, 4.69) is 144 Å². The molecule has 1 nitrogen and oxygen atoms in total. The van der Waals surface area contributed by atoms with Gasteiger partial charge in [-0.15, -0.1) is 11.3 Å². The molecule has 0 spiro atoms. The van der Waals surface area contributed by atoms with Crippen LogP contribution in [0, 0.1) is 0 Å². The van der Waals surface area contributed by atoms with Gasteiger partial charge in [0.2, 0.25) is 0 Å². The minimum absolute atomic E-state index is 1.15. The SMILES string of the molecule is c1ccc(N(c2cccc3ccccc23)c2cc3sc4cc5ccccc5cc4c3c3ccccc23)cc1. The van der Waals surface area contributed by atoms with Crippen molar-refractivity contribution in [1.29, 1.82) is 0 Å². The molecule has 0 fully saturated rings. The molecule has 1 heterocycles. The van der Waals surface area contributed by atoms with Crippen molar-refractivity contribution >= 4 is 80.9 Å². The number of hydrogen-bond acceptors (Lipinski definition) is 2. The zero-order valence-electron chi connectivity index (χ0n) is 20.6. The number of benzene rings is 7. The zero-order chi connectivity index (χ0) is 25.1. The fourth-order valence-electron chi connectivity index (χ4n) is 5.88. The van der Waals surface area contributed by atoms with Crippen LogP contribution in [0.5, 0.6) is 0 Å². The molecule has 0 saturated heterocycles. The lowest BCUT2D eigenvalue weighted by molar-refractivity contribution is 1.32. The van der Waals surface area contributed by atoms with Gasteiger partial charge >= 0.3 is 0 Å². The van der Waals surface area contributed by atoms with Gasteiger partial charge in [-0.05, 0) is 57.9 Å². The maximum atomic E-state index is 2.44. The number of hydrogen-bond donors (Lipinski definition) is 0. The van der Waals surface area contributed by atoms with Crippen molar-refractivity contribution in [1.82, 2.24) is 0 Å². The summed E-state index contributed by atoms with van der Waals surface area (Å²) in [5, 5.41) is 10.3. The van der Waals surface area contributed by atoms with E-state index in [1.54, 1.807) is 0 Å². The van der Waals surface area contributed by atoms with Crippen LogP contribution < -0.4 is 4.90 Å². The zero-order valence-corrected chi connectivity index (χ0v) is 21.5. The normalized spacial score (nSPS) is 11.7. The lowest BCUT2D eigenvalue weighted by atomic mass is 9.99. The van der Waals surface area contributed by atoms with Crippen LogP contribution in [0.4, 0.5) is 17.1 Å². The molecule has 0 N–H and O–H groups in total. The molecule has 0 aliphatic heterocycles. The Morgan fingerprint density at radius 3 is 1.84 bits per heavy atom. The lowest BCUT2D eigenvalue weighted by Crippen LogP contribution is -2.11. The van der Waals surface area contributed by atoms with Crippen molar-refractivity contribution in [2.45, 2.75) is 0 Å². The van der Waals surface area contributed by atoms with E-state index in [4.69, 9.17) is 0 Å². The van der Waals surface area contributed by atoms with E-state index in [-0.39, 0.29) is 0 Å². The van der Waals surface area contributed by atoms with E-state index < -0.39 is 0 Å². The van der Waals surface area contributed by atoms with Crippen LogP contribution in [0.1, 0.15) is 0 Å². The second kappa shape index (κ2) is 8.44. The molecule has 1 aromatic heterocycles. The summed E-state index contributed by atoms with van der Waals surface area (Å²) >= 11 is 1.89. The molecular weight excluding hydrogens is 478 g/mol.